The summed E-state index contributed by atoms with van der Waals surface area (Å²) in [7, 11) is 1.88. The van der Waals surface area contributed by atoms with Crippen LogP contribution in [0.5, 0.6) is 0 Å². The topological polar surface area (TPSA) is 57.2 Å². The van der Waals surface area contributed by atoms with Gasteiger partial charge in [-0.25, -0.2) is 15.8 Å². The number of allylic oxidation sites excluding steroid dienone is 6. The van der Waals surface area contributed by atoms with E-state index in [2.05, 4.69) is 22.7 Å². The van der Waals surface area contributed by atoms with E-state index in [9.17, 15) is 0 Å². The summed E-state index contributed by atoms with van der Waals surface area (Å²) in [6.45, 7) is 3.78. The van der Waals surface area contributed by atoms with Gasteiger partial charge in [-0.15, -0.1) is 12.6 Å². The van der Waals surface area contributed by atoms with E-state index in [1.165, 1.54) is 5.01 Å². The summed E-state index contributed by atoms with van der Waals surface area (Å²) >= 11 is 10.4. The Morgan fingerprint density at radius 1 is 1.48 bits per heavy atom. The van der Waals surface area contributed by atoms with E-state index >= 15 is 0 Å². The molecule has 1 heterocycles. The fourth-order valence-electron chi connectivity index (χ4n) is 1.48. The number of nitrogens with two attached hydrogens (primary N) is 1. The minimum atomic E-state index is 0.322. The first-order valence-electron chi connectivity index (χ1n) is 6.11. The van der Waals surface area contributed by atoms with Crippen molar-refractivity contribution in [2.45, 2.75) is 13.8 Å². The number of hydrazone groups is 1. The van der Waals surface area contributed by atoms with Crippen LogP contribution in [0.4, 0.5) is 0 Å². The van der Waals surface area contributed by atoms with Crippen LogP contribution in [0.15, 0.2) is 45.8 Å². The summed E-state index contributed by atoms with van der Waals surface area (Å²) in [5.74, 6) is 5.71. The summed E-state index contributed by atoms with van der Waals surface area (Å²) < 4.78 is 0.322. The molecule has 0 spiro atoms. The minimum Gasteiger partial charge on any atom is -0.268 e. The van der Waals surface area contributed by atoms with Crippen molar-refractivity contribution in [1.29, 1.82) is 0 Å². The van der Waals surface area contributed by atoms with Crippen molar-refractivity contribution in [1.82, 2.24) is 10.0 Å². The largest absolute Gasteiger partial charge is 0.268 e. The summed E-state index contributed by atoms with van der Waals surface area (Å²) in [4.78, 5) is 4.54. The molecule has 8 heteroatoms. The van der Waals surface area contributed by atoms with Gasteiger partial charge < -0.3 is 0 Å². The molecule has 0 radical (unpaired) electrons. The predicted molar refractivity (Wildman–Crippen MR) is 100 cm³/mol. The van der Waals surface area contributed by atoms with Crippen molar-refractivity contribution in [2.24, 2.45) is 15.9 Å². The van der Waals surface area contributed by atoms with Crippen LogP contribution in [0.25, 0.3) is 0 Å². The third kappa shape index (κ3) is 5.31. The van der Waals surface area contributed by atoms with E-state index < -0.39 is 0 Å². The number of thioether (sulfide) groups is 1. The lowest BCUT2D eigenvalue weighted by Gasteiger charge is -2.20. The maximum atomic E-state index is 5.71. The Bertz CT molecular complexity index is 560. The molecule has 1 rings (SSSR count). The zero-order valence-electron chi connectivity index (χ0n) is 12.4. The van der Waals surface area contributed by atoms with E-state index in [0.717, 1.165) is 22.3 Å². The molecule has 0 aromatic rings. The number of rotatable bonds is 3. The van der Waals surface area contributed by atoms with Crippen LogP contribution in [0.1, 0.15) is 13.8 Å². The van der Waals surface area contributed by atoms with Crippen LogP contribution in [0, 0.1) is 0 Å². The number of hydrogen-bond acceptors (Lipinski definition) is 6. The van der Waals surface area contributed by atoms with Crippen LogP contribution in [-0.4, -0.2) is 38.5 Å². The monoisotopic (exact) mass is 341 g/mol. The van der Waals surface area contributed by atoms with E-state index in [-0.39, 0.29) is 0 Å². The third-order valence-electron chi connectivity index (χ3n) is 2.63. The first kappa shape index (κ1) is 18.0. The number of hydrazine groups is 1. The molecule has 0 atom stereocenters. The zero-order chi connectivity index (χ0) is 16.0. The second kappa shape index (κ2) is 8.38. The van der Waals surface area contributed by atoms with Gasteiger partial charge in [-0.2, -0.15) is 5.10 Å². The first-order valence-corrected chi connectivity index (χ1v) is 8.19. The maximum Gasteiger partial charge on any atom is 0.184 e. The summed E-state index contributed by atoms with van der Waals surface area (Å²) in [5, 5.41) is 8.37. The zero-order valence-corrected chi connectivity index (χ0v) is 15.0. The molecule has 0 fully saturated rings. The molecular formula is C13H19N5S3. The molecule has 0 aromatic carbocycles. The Morgan fingerprint density at radius 3 is 2.71 bits per heavy atom. The standard InChI is InChI=1S/C13H19N5S3/c1-9(18(14)13(19)20)7-5-6-8-11-10(2)16-17(3)12(15-11)21-4/h5-8H,14H2,1-4H3,(H,19,20)/b6-5+,9-7-,11-8+. The molecule has 1 aliphatic heterocycles. The van der Waals surface area contributed by atoms with Gasteiger partial charge in [0.25, 0.3) is 0 Å². The van der Waals surface area contributed by atoms with Crippen LogP contribution in [-0.2, 0) is 0 Å². The first-order chi connectivity index (χ1) is 9.86. The van der Waals surface area contributed by atoms with Gasteiger partial charge >= 0.3 is 0 Å². The van der Waals surface area contributed by atoms with E-state index in [0.29, 0.717) is 4.32 Å². The maximum absolute atomic E-state index is 5.71. The van der Waals surface area contributed by atoms with Gasteiger partial charge in [0, 0.05) is 12.7 Å². The molecule has 114 valence electrons. The van der Waals surface area contributed by atoms with Crippen molar-refractivity contribution in [3.63, 3.8) is 0 Å². The van der Waals surface area contributed by atoms with Crippen LogP contribution >= 0.6 is 36.6 Å². The highest BCUT2D eigenvalue weighted by Gasteiger charge is 2.13. The van der Waals surface area contributed by atoms with Gasteiger partial charge in [0.05, 0.1) is 11.4 Å². The van der Waals surface area contributed by atoms with E-state index in [1.807, 2.05) is 51.5 Å². The Morgan fingerprint density at radius 2 is 2.14 bits per heavy atom. The van der Waals surface area contributed by atoms with E-state index in [4.69, 9.17) is 18.1 Å². The SMILES string of the molecule is CSC1=N/C(=C/C=C/C=C(/C)N(N)C(=S)S)C(C)=NN1C. The van der Waals surface area contributed by atoms with Crippen molar-refractivity contribution in [3.8, 4) is 0 Å². The quantitative estimate of drug-likeness (QED) is 0.272. The minimum absolute atomic E-state index is 0.322. The molecule has 2 N–H and O–H groups in total. The van der Waals surface area contributed by atoms with Gasteiger partial charge in [-0.05, 0) is 32.3 Å². The number of aliphatic imine (C=N–C) groups is 1. The third-order valence-corrected chi connectivity index (χ3v) is 3.77. The molecule has 0 saturated heterocycles. The van der Waals surface area contributed by atoms with E-state index in [1.54, 1.807) is 16.8 Å². The fourth-order valence-corrected chi connectivity index (χ4v) is 2.28. The lowest BCUT2D eigenvalue weighted by atomic mass is 10.2. The molecule has 0 unspecified atom stereocenters. The average molecular weight is 342 g/mol. The Hall–Kier alpha value is -1.09. The molecule has 0 aromatic heterocycles. The average Bonchev–Trinajstić information content (AvgIpc) is 2.44. The smallest absolute Gasteiger partial charge is 0.184 e. The van der Waals surface area contributed by atoms with Gasteiger partial charge in [0.2, 0.25) is 0 Å². The Balaban J connectivity index is 2.83. The summed E-state index contributed by atoms with van der Waals surface area (Å²) in [6, 6.07) is 0. The van der Waals surface area contributed by atoms with Gasteiger partial charge in [0.15, 0.2) is 9.49 Å². The highest BCUT2D eigenvalue weighted by Crippen LogP contribution is 2.15. The number of thiol groups is 1. The van der Waals surface area contributed by atoms with Gasteiger partial charge in [-0.3, -0.25) is 5.01 Å². The van der Waals surface area contributed by atoms with Crippen molar-refractivity contribution >= 4 is 51.8 Å². The molecule has 0 saturated carbocycles. The van der Waals surface area contributed by atoms with Gasteiger partial charge in [0.1, 0.15) is 0 Å². The van der Waals surface area contributed by atoms with Gasteiger partial charge in [-0.1, -0.05) is 36.1 Å². The van der Waals surface area contributed by atoms with Crippen LogP contribution in [0.2, 0.25) is 0 Å². The molecule has 0 bridgehead atoms. The molecule has 0 aliphatic carbocycles. The molecular weight excluding hydrogens is 322 g/mol. The number of nitrogens with zero attached hydrogens (tertiary/aromatic N) is 4. The highest BCUT2D eigenvalue weighted by atomic mass is 32.2. The number of hydrogen-bond donors (Lipinski definition) is 2. The second-order valence-electron chi connectivity index (χ2n) is 4.20. The summed E-state index contributed by atoms with van der Waals surface area (Å²) in [5.41, 5.74) is 2.51. The summed E-state index contributed by atoms with van der Waals surface area (Å²) in [6.07, 6.45) is 9.49. The molecule has 0 amide bonds. The molecule has 5 nitrogen and oxygen atoms in total. The highest BCUT2D eigenvalue weighted by molar-refractivity contribution is 8.13. The fraction of sp³-hybridized carbons (Fsp3) is 0.308. The molecule has 21 heavy (non-hydrogen) atoms. The van der Waals surface area contributed by atoms with Crippen molar-refractivity contribution in [3.05, 3.63) is 35.7 Å². The molecule has 1 aliphatic rings. The number of amidine groups is 1. The lowest BCUT2D eigenvalue weighted by molar-refractivity contribution is 0.549. The lowest BCUT2D eigenvalue weighted by Crippen LogP contribution is -2.31. The Labute approximate surface area is 140 Å². The van der Waals surface area contributed by atoms with Crippen molar-refractivity contribution in [2.75, 3.05) is 13.3 Å². The second-order valence-corrected chi connectivity index (χ2v) is 6.09. The Kier molecular flexibility index (Phi) is 7.16. The predicted octanol–water partition coefficient (Wildman–Crippen LogP) is 2.76. The van der Waals surface area contributed by atoms with Crippen LogP contribution < -0.4 is 5.84 Å². The normalized spacial score (nSPS) is 18.1. The van der Waals surface area contributed by atoms with Crippen LogP contribution in [0.3, 0.4) is 0 Å². The number of thiocarbonyl (C=S) groups is 1. The van der Waals surface area contributed by atoms with Crippen molar-refractivity contribution < 1.29 is 0 Å².